The molecule has 0 fully saturated rings. The topological polar surface area (TPSA) is 72.2 Å². The Bertz CT molecular complexity index is 598. The summed E-state index contributed by atoms with van der Waals surface area (Å²) in [5.41, 5.74) is 5.97. The molecule has 0 unspecified atom stereocenters. The van der Waals surface area contributed by atoms with Crippen molar-refractivity contribution in [3.8, 4) is 11.8 Å². The zero-order valence-corrected chi connectivity index (χ0v) is 13.5. The fraction of sp³-hybridized carbons (Fsp3) is 0.500. The zero-order valence-electron chi connectivity index (χ0n) is 12.7. The van der Waals surface area contributed by atoms with Crippen LogP contribution in [0.4, 0.5) is 0 Å². The van der Waals surface area contributed by atoms with Crippen molar-refractivity contribution in [1.82, 2.24) is 4.72 Å². The SMILES string of the molecule is CC(C)CCCCNS(=O)(=O)c1cccc(C#CCN)c1. The van der Waals surface area contributed by atoms with Crippen molar-refractivity contribution in [2.24, 2.45) is 11.7 Å². The Morgan fingerprint density at radius 3 is 2.71 bits per heavy atom. The molecule has 0 aromatic heterocycles. The summed E-state index contributed by atoms with van der Waals surface area (Å²) >= 11 is 0. The average Bonchev–Trinajstić information content (AvgIpc) is 2.44. The second kappa shape index (κ2) is 8.83. The van der Waals surface area contributed by atoms with Crippen molar-refractivity contribution in [2.75, 3.05) is 13.1 Å². The lowest BCUT2D eigenvalue weighted by atomic mass is 10.1. The molecule has 0 heterocycles. The van der Waals surface area contributed by atoms with E-state index in [0.717, 1.165) is 19.3 Å². The van der Waals surface area contributed by atoms with E-state index < -0.39 is 10.0 Å². The van der Waals surface area contributed by atoms with Gasteiger partial charge in [0.2, 0.25) is 10.0 Å². The van der Waals surface area contributed by atoms with Crippen LogP contribution in [0.3, 0.4) is 0 Å². The van der Waals surface area contributed by atoms with Gasteiger partial charge in [-0.05, 0) is 30.5 Å². The molecule has 3 N–H and O–H groups in total. The van der Waals surface area contributed by atoms with Crippen LogP contribution in [-0.2, 0) is 10.0 Å². The first kappa shape index (κ1) is 17.7. The normalized spacial score (nSPS) is 11.2. The predicted octanol–water partition coefficient (Wildman–Crippen LogP) is 2.10. The van der Waals surface area contributed by atoms with E-state index in [1.807, 2.05) is 0 Å². The van der Waals surface area contributed by atoms with Gasteiger partial charge in [-0.15, -0.1) is 0 Å². The summed E-state index contributed by atoms with van der Waals surface area (Å²) in [6, 6.07) is 6.60. The molecule has 21 heavy (non-hydrogen) atoms. The molecule has 0 saturated heterocycles. The van der Waals surface area contributed by atoms with Gasteiger partial charge >= 0.3 is 0 Å². The smallest absolute Gasteiger partial charge is 0.240 e. The Labute approximate surface area is 128 Å². The molecule has 1 aromatic rings. The molecule has 0 aliphatic heterocycles. The highest BCUT2D eigenvalue weighted by molar-refractivity contribution is 7.89. The molecule has 0 aliphatic carbocycles. The number of nitrogens with two attached hydrogens (primary N) is 1. The van der Waals surface area contributed by atoms with E-state index in [0.29, 0.717) is 18.0 Å². The lowest BCUT2D eigenvalue weighted by Gasteiger charge is -2.08. The number of nitrogens with one attached hydrogen (secondary N) is 1. The van der Waals surface area contributed by atoms with Gasteiger partial charge in [0.15, 0.2) is 0 Å². The summed E-state index contributed by atoms with van der Waals surface area (Å²) in [5, 5.41) is 0. The van der Waals surface area contributed by atoms with Crippen LogP contribution >= 0.6 is 0 Å². The van der Waals surface area contributed by atoms with Gasteiger partial charge in [-0.2, -0.15) is 0 Å². The van der Waals surface area contributed by atoms with E-state index in [1.165, 1.54) is 0 Å². The Kier molecular flexibility index (Phi) is 7.44. The minimum absolute atomic E-state index is 0.246. The molecule has 1 rings (SSSR count). The van der Waals surface area contributed by atoms with Crippen molar-refractivity contribution in [2.45, 2.75) is 38.0 Å². The van der Waals surface area contributed by atoms with Gasteiger partial charge in [0, 0.05) is 12.1 Å². The van der Waals surface area contributed by atoms with Crippen LogP contribution in [0.2, 0.25) is 0 Å². The molecule has 5 heteroatoms. The second-order valence-electron chi connectivity index (χ2n) is 5.32. The molecule has 0 atom stereocenters. The highest BCUT2D eigenvalue weighted by Gasteiger charge is 2.13. The zero-order chi connectivity index (χ0) is 15.7. The van der Waals surface area contributed by atoms with Crippen LogP contribution in [0.1, 0.15) is 38.7 Å². The van der Waals surface area contributed by atoms with Crippen LogP contribution < -0.4 is 10.5 Å². The Morgan fingerprint density at radius 1 is 1.29 bits per heavy atom. The van der Waals surface area contributed by atoms with Crippen LogP contribution in [0.5, 0.6) is 0 Å². The van der Waals surface area contributed by atoms with E-state index in [4.69, 9.17) is 5.73 Å². The predicted molar refractivity (Wildman–Crippen MR) is 86.3 cm³/mol. The molecule has 0 radical (unpaired) electrons. The molecule has 1 aromatic carbocycles. The van der Waals surface area contributed by atoms with Crippen molar-refractivity contribution >= 4 is 10.0 Å². The summed E-state index contributed by atoms with van der Waals surface area (Å²) in [6.07, 6.45) is 3.00. The van der Waals surface area contributed by atoms with Gasteiger partial charge in [-0.25, -0.2) is 13.1 Å². The third-order valence-corrected chi connectivity index (χ3v) is 4.44. The molecule has 0 bridgehead atoms. The van der Waals surface area contributed by atoms with Crippen LogP contribution in [0.25, 0.3) is 0 Å². The Hall–Kier alpha value is -1.35. The number of rotatable bonds is 7. The van der Waals surface area contributed by atoms with E-state index in [1.54, 1.807) is 24.3 Å². The average molecular weight is 308 g/mol. The van der Waals surface area contributed by atoms with Crippen LogP contribution in [0, 0.1) is 17.8 Å². The fourth-order valence-corrected chi connectivity index (χ4v) is 2.98. The van der Waals surface area contributed by atoms with Crippen molar-refractivity contribution in [3.63, 3.8) is 0 Å². The van der Waals surface area contributed by atoms with E-state index in [9.17, 15) is 8.42 Å². The maximum atomic E-state index is 12.2. The summed E-state index contributed by atoms with van der Waals surface area (Å²) < 4.78 is 27.0. The maximum Gasteiger partial charge on any atom is 0.240 e. The molecule has 0 aliphatic rings. The summed E-state index contributed by atoms with van der Waals surface area (Å²) in [4.78, 5) is 0.246. The van der Waals surface area contributed by atoms with Crippen molar-refractivity contribution in [3.05, 3.63) is 29.8 Å². The van der Waals surface area contributed by atoms with Gasteiger partial charge < -0.3 is 5.73 Å². The molecular formula is C16H24N2O2S. The van der Waals surface area contributed by atoms with Gasteiger partial charge in [0.1, 0.15) is 0 Å². The number of sulfonamides is 1. The summed E-state index contributed by atoms with van der Waals surface area (Å²) in [5.74, 6) is 6.21. The largest absolute Gasteiger partial charge is 0.320 e. The highest BCUT2D eigenvalue weighted by Crippen LogP contribution is 2.11. The first-order chi connectivity index (χ1) is 9.95. The highest BCUT2D eigenvalue weighted by atomic mass is 32.2. The third kappa shape index (κ3) is 6.76. The van der Waals surface area contributed by atoms with E-state index >= 15 is 0 Å². The second-order valence-corrected chi connectivity index (χ2v) is 7.09. The molecule has 4 nitrogen and oxygen atoms in total. The Balaban J connectivity index is 2.61. The maximum absolute atomic E-state index is 12.2. The van der Waals surface area contributed by atoms with Gasteiger partial charge in [-0.3, -0.25) is 0 Å². The van der Waals surface area contributed by atoms with Crippen molar-refractivity contribution < 1.29 is 8.42 Å². The summed E-state index contributed by atoms with van der Waals surface area (Å²) in [6.45, 7) is 5.05. The lowest BCUT2D eigenvalue weighted by molar-refractivity contribution is 0.530. The first-order valence-corrected chi connectivity index (χ1v) is 8.72. The lowest BCUT2D eigenvalue weighted by Crippen LogP contribution is -2.24. The van der Waals surface area contributed by atoms with Crippen LogP contribution in [-0.4, -0.2) is 21.5 Å². The molecule has 0 amide bonds. The summed E-state index contributed by atoms with van der Waals surface area (Å²) in [7, 11) is -3.46. The molecule has 0 saturated carbocycles. The number of benzene rings is 1. The monoisotopic (exact) mass is 308 g/mol. The van der Waals surface area contributed by atoms with Crippen molar-refractivity contribution in [1.29, 1.82) is 0 Å². The molecule has 0 spiro atoms. The third-order valence-electron chi connectivity index (χ3n) is 2.98. The number of hydrogen-bond acceptors (Lipinski definition) is 3. The van der Waals surface area contributed by atoms with E-state index in [-0.39, 0.29) is 11.4 Å². The first-order valence-electron chi connectivity index (χ1n) is 7.24. The quantitative estimate of drug-likeness (QED) is 0.598. The fourth-order valence-electron chi connectivity index (χ4n) is 1.86. The molecular weight excluding hydrogens is 284 g/mol. The number of hydrogen-bond donors (Lipinski definition) is 2. The standard InChI is InChI=1S/C16H24N2O2S/c1-14(2)7-3-4-12-18-21(19,20)16-10-5-8-15(13-16)9-6-11-17/h5,8,10,13-14,18H,3-4,7,11-12,17H2,1-2H3. The van der Waals surface area contributed by atoms with Gasteiger partial charge in [-0.1, -0.05) is 44.6 Å². The van der Waals surface area contributed by atoms with Gasteiger partial charge in [0.25, 0.3) is 0 Å². The minimum Gasteiger partial charge on any atom is -0.320 e. The minimum atomic E-state index is -3.46. The number of unbranched alkanes of at least 4 members (excludes halogenated alkanes) is 1. The molecule has 116 valence electrons. The van der Waals surface area contributed by atoms with E-state index in [2.05, 4.69) is 30.4 Å². The Morgan fingerprint density at radius 2 is 2.05 bits per heavy atom. The van der Waals surface area contributed by atoms with Gasteiger partial charge in [0.05, 0.1) is 11.4 Å². The van der Waals surface area contributed by atoms with Crippen LogP contribution in [0.15, 0.2) is 29.2 Å².